The summed E-state index contributed by atoms with van der Waals surface area (Å²) in [6, 6.07) is 7.24. The number of benzene rings is 1. The van der Waals surface area contributed by atoms with Crippen LogP contribution in [0.3, 0.4) is 0 Å². The van der Waals surface area contributed by atoms with Crippen molar-refractivity contribution in [2.24, 2.45) is 0 Å². The number of para-hydroxylation sites is 2. The number of fused-ring (bicyclic) bond motifs is 1. The minimum Gasteiger partial charge on any atom is -1.00 e. The molecule has 0 unspecified atom stereocenters. The number of nitrogens with one attached hydrogen (secondary N) is 1. The molecular weight excluding hydrogens is 336 g/mol. The van der Waals surface area contributed by atoms with Gasteiger partial charge >= 0.3 is 5.89 Å². The van der Waals surface area contributed by atoms with Crippen LogP contribution in [0.15, 0.2) is 28.7 Å². The van der Waals surface area contributed by atoms with Crippen molar-refractivity contribution in [3.63, 3.8) is 0 Å². The SMILES string of the molecule is Cc1oc2ccccc2[n+]1CC(=O)NS(C)(=O)=O.[Br-]. The van der Waals surface area contributed by atoms with Gasteiger partial charge in [-0.1, -0.05) is 12.1 Å². The Balaban J connectivity index is 0.00000180. The molecule has 104 valence electrons. The van der Waals surface area contributed by atoms with Crippen LogP contribution in [0.5, 0.6) is 0 Å². The van der Waals surface area contributed by atoms with E-state index in [1.165, 1.54) is 0 Å². The van der Waals surface area contributed by atoms with Gasteiger partial charge in [0.15, 0.2) is 0 Å². The summed E-state index contributed by atoms with van der Waals surface area (Å²) >= 11 is 0. The topological polar surface area (TPSA) is 80.3 Å². The average Bonchev–Trinajstić information content (AvgIpc) is 2.53. The maximum absolute atomic E-state index is 11.6. The number of rotatable bonds is 3. The van der Waals surface area contributed by atoms with Gasteiger partial charge in [0, 0.05) is 6.07 Å². The maximum atomic E-state index is 11.6. The third kappa shape index (κ3) is 3.77. The Morgan fingerprint density at radius 2 is 2.00 bits per heavy atom. The van der Waals surface area contributed by atoms with Crippen LogP contribution in [0.25, 0.3) is 11.1 Å². The predicted octanol–water partition coefficient (Wildman–Crippen LogP) is -2.89. The molecule has 0 aliphatic heterocycles. The zero-order chi connectivity index (χ0) is 13.3. The molecule has 0 aliphatic carbocycles. The molecule has 19 heavy (non-hydrogen) atoms. The zero-order valence-corrected chi connectivity index (χ0v) is 12.8. The first-order valence-electron chi connectivity index (χ1n) is 5.25. The molecule has 8 heteroatoms. The van der Waals surface area contributed by atoms with Gasteiger partial charge < -0.3 is 21.4 Å². The van der Waals surface area contributed by atoms with Crippen molar-refractivity contribution in [3.8, 4) is 0 Å². The van der Waals surface area contributed by atoms with Crippen LogP contribution < -0.4 is 26.3 Å². The van der Waals surface area contributed by atoms with Crippen LogP contribution in [-0.4, -0.2) is 20.6 Å². The Morgan fingerprint density at radius 3 is 2.63 bits per heavy atom. The second kappa shape index (κ2) is 5.70. The van der Waals surface area contributed by atoms with E-state index in [9.17, 15) is 13.2 Å². The summed E-state index contributed by atoms with van der Waals surface area (Å²) in [5, 5.41) is 0. The lowest BCUT2D eigenvalue weighted by atomic mass is 10.3. The fourth-order valence-corrected chi connectivity index (χ4v) is 2.21. The predicted molar refractivity (Wildman–Crippen MR) is 64.1 cm³/mol. The zero-order valence-electron chi connectivity index (χ0n) is 10.4. The van der Waals surface area contributed by atoms with Crippen molar-refractivity contribution in [2.45, 2.75) is 13.5 Å². The first kappa shape index (κ1) is 15.6. The van der Waals surface area contributed by atoms with E-state index in [2.05, 4.69) is 0 Å². The number of aromatic nitrogens is 1. The molecule has 0 saturated carbocycles. The van der Waals surface area contributed by atoms with E-state index >= 15 is 0 Å². The number of nitrogens with zero attached hydrogens (tertiary/aromatic N) is 1. The highest BCUT2D eigenvalue weighted by Gasteiger charge is 2.22. The lowest BCUT2D eigenvalue weighted by Crippen LogP contribution is -3.00. The molecule has 0 atom stereocenters. The largest absolute Gasteiger partial charge is 1.00 e. The van der Waals surface area contributed by atoms with Crippen molar-refractivity contribution in [1.29, 1.82) is 0 Å². The number of carbonyl (C=O) groups excluding carboxylic acids is 1. The third-order valence-corrected chi connectivity index (χ3v) is 2.99. The normalized spacial score (nSPS) is 11.1. The lowest BCUT2D eigenvalue weighted by Gasteiger charge is -1.98. The highest BCUT2D eigenvalue weighted by atomic mass is 79.9. The molecule has 1 N–H and O–H groups in total. The van der Waals surface area contributed by atoms with E-state index in [0.29, 0.717) is 11.5 Å². The molecule has 2 aromatic rings. The molecule has 0 spiro atoms. The van der Waals surface area contributed by atoms with Gasteiger partial charge in [-0.2, -0.15) is 4.57 Å². The molecule has 6 nitrogen and oxygen atoms in total. The Morgan fingerprint density at radius 1 is 1.37 bits per heavy atom. The smallest absolute Gasteiger partial charge is 0.345 e. The number of oxazole rings is 1. The number of hydrogen-bond donors (Lipinski definition) is 1. The van der Waals surface area contributed by atoms with E-state index in [1.807, 2.05) is 16.9 Å². The summed E-state index contributed by atoms with van der Waals surface area (Å²) in [6.07, 6.45) is 0.940. The van der Waals surface area contributed by atoms with Crippen molar-refractivity contribution >= 4 is 27.0 Å². The highest BCUT2D eigenvalue weighted by Crippen LogP contribution is 2.12. The summed E-state index contributed by atoms with van der Waals surface area (Å²) in [4.78, 5) is 11.6. The van der Waals surface area contributed by atoms with Crippen LogP contribution >= 0.6 is 0 Å². The van der Waals surface area contributed by atoms with Crippen LogP contribution in [0.4, 0.5) is 0 Å². The van der Waals surface area contributed by atoms with Gasteiger partial charge in [-0.25, -0.2) is 13.1 Å². The third-order valence-electron chi connectivity index (χ3n) is 2.39. The quantitative estimate of drug-likeness (QED) is 0.604. The summed E-state index contributed by atoms with van der Waals surface area (Å²) in [5.41, 5.74) is 1.40. The molecule has 0 aliphatic rings. The van der Waals surface area contributed by atoms with Crippen LogP contribution in [-0.2, 0) is 21.4 Å². The standard InChI is InChI=1S/C11H12N2O4S.BrH/c1-8-13(7-11(14)12-18(2,15)16)9-5-3-4-6-10(9)17-8;/h3-6H,7H2,1-2H3;1H. The number of amides is 1. The summed E-state index contributed by atoms with van der Waals surface area (Å²) in [5.74, 6) is -0.0583. The molecule has 2 rings (SSSR count). The van der Waals surface area contributed by atoms with Crippen molar-refractivity contribution in [2.75, 3.05) is 6.26 Å². The first-order valence-corrected chi connectivity index (χ1v) is 7.14. The highest BCUT2D eigenvalue weighted by molar-refractivity contribution is 7.89. The van der Waals surface area contributed by atoms with Crippen molar-refractivity contribution in [1.82, 2.24) is 4.72 Å². The Kier molecular flexibility index (Phi) is 4.70. The Labute approximate surface area is 121 Å². The molecule has 1 amide bonds. The molecule has 0 bridgehead atoms. The number of sulfonamides is 1. The summed E-state index contributed by atoms with van der Waals surface area (Å²) < 4.78 is 30.9. The van der Waals surface area contributed by atoms with Gasteiger partial charge in [0.1, 0.15) is 0 Å². The second-order valence-electron chi connectivity index (χ2n) is 3.97. The van der Waals surface area contributed by atoms with Gasteiger partial charge in [0.05, 0.1) is 13.2 Å². The van der Waals surface area contributed by atoms with Gasteiger partial charge in [0.25, 0.3) is 11.4 Å². The fraction of sp³-hybridized carbons (Fsp3) is 0.273. The molecule has 0 fully saturated rings. The van der Waals surface area contributed by atoms with Crippen LogP contribution in [0.2, 0.25) is 0 Å². The van der Waals surface area contributed by atoms with Gasteiger partial charge in [-0.3, -0.25) is 4.79 Å². The van der Waals surface area contributed by atoms with Gasteiger partial charge in [0.2, 0.25) is 22.2 Å². The number of halogens is 1. The summed E-state index contributed by atoms with van der Waals surface area (Å²) in [7, 11) is -3.54. The second-order valence-corrected chi connectivity index (χ2v) is 5.72. The lowest BCUT2D eigenvalue weighted by molar-refractivity contribution is -0.670. The molecule has 1 aromatic carbocycles. The van der Waals surface area contributed by atoms with E-state index < -0.39 is 15.9 Å². The van der Waals surface area contributed by atoms with Crippen molar-refractivity contribution in [3.05, 3.63) is 30.2 Å². The van der Waals surface area contributed by atoms with E-state index in [0.717, 1.165) is 11.8 Å². The van der Waals surface area contributed by atoms with E-state index in [-0.39, 0.29) is 23.5 Å². The Hall–Kier alpha value is -1.41. The van der Waals surface area contributed by atoms with E-state index in [1.54, 1.807) is 23.6 Å². The van der Waals surface area contributed by atoms with E-state index in [4.69, 9.17) is 4.42 Å². The Bertz CT molecular complexity index is 709. The molecule has 1 heterocycles. The first-order chi connectivity index (χ1) is 8.37. The molecule has 1 aromatic heterocycles. The summed E-state index contributed by atoms with van der Waals surface area (Å²) in [6.45, 7) is 1.61. The number of carbonyl (C=O) groups is 1. The average molecular weight is 349 g/mol. The minimum absolute atomic E-state index is 0. The molecule has 0 radical (unpaired) electrons. The van der Waals surface area contributed by atoms with Gasteiger partial charge in [-0.15, -0.1) is 0 Å². The number of aryl methyl sites for hydroxylation is 1. The minimum atomic E-state index is -3.54. The monoisotopic (exact) mass is 348 g/mol. The fourth-order valence-electron chi connectivity index (χ4n) is 1.73. The van der Waals surface area contributed by atoms with Gasteiger partial charge in [-0.05, 0) is 6.07 Å². The van der Waals surface area contributed by atoms with Crippen LogP contribution in [0.1, 0.15) is 5.89 Å². The molecular formula is C11H13BrN2O4S. The maximum Gasteiger partial charge on any atom is 0.345 e. The van der Waals surface area contributed by atoms with Crippen molar-refractivity contribution < 1.29 is 39.2 Å². The molecule has 0 saturated heterocycles. The van der Waals surface area contributed by atoms with Crippen LogP contribution in [0, 0.1) is 6.92 Å². The number of hydrogen-bond acceptors (Lipinski definition) is 4.